The van der Waals surface area contributed by atoms with E-state index < -0.39 is 28.2 Å². The summed E-state index contributed by atoms with van der Waals surface area (Å²) in [5, 5.41) is 12.8. The number of hydrogen-bond acceptors (Lipinski definition) is 4. The Morgan fingerprint density at radius 2 is 2.00 bits per heavy atom. The Kier molecular flexibility index (Phi) is 3.65. The Balaban J connectivity index is 2.28. The molecule has 6 nitrogen and oxygen atoms in total. The highest BCUT2D eigenvalue weighted by atomic mass is 19.1. The lowest BCUT2D eigenvalue weighted by Crippen LogP contribution is -2.13. The van der Waals surface area contributed by atoms with Gasteiger partial charge in [0, 0.05) is 17.8 Å². The zero-order valence-electron chi connectivity index (χ0n) is 9.84. The van der Waals surface area contributed by atoms with Gasteiger partial charge >= 0.3 is 5.69 Å². The summed E-state index contributed by atoms with van der Waals surface area (Å²) in [5.41, 5.74) is -1.11. The van der Waals surface area contributed by atoms with E-state index in [1.165, 1.54) is 12.3 Å². The zero-order valence-corrected chi connectivity index (χ0v) is 9.84. The molecule has 102 valence electrons. The van der Waals surface area contributed by atoms with E-state index in [2.05, 4.69) is 10.3 Å². The van der Waals surface area contributed by atoms with Gasteiger partial charge in [0.05, 0.1) is 16.8 Å². The summed E-state index contributed by atoms with van der Waals surface area (Å²) in [5.74, 6) is -2.60. The molecular weight excluding hydrogens is 272 g/mol. The molecule has 2 aromatic rings. The average Bonchev–Trinajstić information content (AvgIpc) is 2.41. The molecule has 0 saturated carbocycles. The molecule has 8 heteroatoms. The third-order valence-electron chi connectivity index (χ3n) is 2.43. The van der Waals surface area contributed by atoms with Crippen molar-refractivity contribution < 1.29 is 18.5 Å². The molecule has 1 amide bonds. The van der Waals surface area contributed by atoms with Gasteiger partial charge in [-0.05, 0) is 18.2 Å². The van der Waals surface area contributed by atoms with Gasteiger partial charge in [0.15, 0.2) is 5.82 Å². The maximum absolute atomic E-state index is 13.3. The molecule has 0 unspecified atom stereocenters. The minimum Gasteiger partial charge on any atom is -0.319 e. The minimum absolute atomic E-state index is 0.128. The smallest absolute Gasteiger partial charge is 0.305 e. The highest BCUT2D eigenvalue weighted by Gasteiger charge is 2.18. The number of nitrogens with one attached hydrogen (secondary N) is 1. The third-order valence-corrected chi connectivity index (χ3v) is 2.43. The number of anilines is 1. The van der Waals surface area contributed by atoms with E-state index in [9.17, 15) is 23.7 Å². The summed E-state index contributed by atoms with van der Waals surface area (Å²) in [7, 11) is 0. The monoisotopic (exact) mass is 279 g/mol. The molecule has 0 spiro atoms. The van der Waals surface area contributed by atoms with Crippen molar-refractivity contribution in [1.29, 1.82) is 0 Å². The molecule has 0 bridgehead atoms. The molecule has 0 aliphatic carbocycles. The molecule has 1 aromatic carbocycles. The number of nitro groups is 1. The van der Waals surface area contributed by atoms with Gasteiger partial charge in [0.1, 0.15) is 0 Å². The van der Waals surface area contributed by atoms with Crippen LogP contribution in [-0.2, 0) is 0 Å². The number of benzene rings is 1. The first-order valence-corrected chi connectivity index (χ1v) is 5.34. The summed E-state index contributed by atoms with van der Waals surface area (Å²) in [6.07, 6.45) is 2.18. The van der Waals surface area contributed by atoms with Crippen LogP contribution in [0.3, 0.4) is 0 Å². The van der Waals surface area contributed by atoms with Crippen LogP contribution in [0.5, 0.6) is 0 Å². The Bertz CT molecular complexity index is 691. The number of nitrogens with zero attached hydrogens (tertiary/aromatic N) is 2. The van der Waals surface area contributed by atoms with Gasteiger partial charge in [0.25, 0.3) is 5.91 Å². The van der Waals surface area contributed by atoms with Crippen LogP contribution in [0.1, 0.15) is 10.4 Å². The second-order valence-electron chi connectivity index (χ2n) is 3.73. The second-order valence-corrected chi connectivity index (χ2v) is 3.73. The Morgan fingerprint density at radius 1 is 1.25 bits per heavy atom. The van der Waals surface area contributed by atoms with Crippen molar-refractivity contribution in [2.24, 2.45) is 0 Å². The summed E-state index contributed by atoms with van der Waals surface area (Å²) in [6, 6.07) is 3.88. The van der Waals surface area contributed by atoms with Crippen molar-refractivity contribution in [1.82, 2.24) is 4.98 Å². The minimum atomic E-state index is -1.05. The largest absolute Gasteiger partial charge is 0.319 e. The number of pyridine rings is 1. The van der Waals surface area contributed by atoms with Crippen molar-refractivity contribution in [3.05, 3.63) is 64.0 Å². The number of carbonyl (C=O) groups excluding carboxylic acids is 1. The number of nitro benzene ring substituents is 1. The molecule has 2 rings (SSSR count). The van der Waals surface area contributed by atoms with Gasteiger partial charge in [-0.2, -0.15) is 4.39 Å². The molecule has 0 fully saturated rings. The van der Waals surface area contributed by atoms with Crippen molar-refractivity contribution in [2.75, 3.05) is 5.32 Å². The van der Waals surface area contributed by atoms with Crippen LogP contribution in [0, 0.1) is 21.7 Å². The van der Waals surface area contributed by atoms with Gasteiger partial charge in [-0.3, -0.25) is 19.9 Å². The lowest BCUT2D eigenvalue weighted by molar-refractivity contribution is -0.387. The number of halogens is 2. The summed E-state index contributed by atoms with van der Waals surface area (Å²) >= 11 is 0. The molecule has 1 aromatic heterocycles. The number of rotatable bonds is 3. The highest BCUT2D eigenvalue weighted by Crippen LogP contribution is 2.20. The third kappa shape index (κ3) is 2.74. The van der Waals surface area contributed by atoms with Crippen LogP contribution in [-0.4, -0.2) is 15.8 Å². The van der Waals surface area contributed by atoms with Crippen molar-refractivity contribution in [3.63, 3.8) is 0 Å². The van der Waals surface area contributed by atoms with Gasteiger partial charge < -0.3 is 5.32 Å². The lowest BCUT2D eigenvalue weighted by Gasteiger charge is -2.05. The van der Waals surface area contributed by atoms with Crippen LogP contribution < -0.4 is 5.32 Å². The topological polar surface area (TPSA) is 85.1 Å². The quantitative estimate of drug-likeness (QED) is 0.691. The Hall–Kier alpha value is -2.90. The van der Waals surface area contributed by atoms with E-state index >= 15 is 0 Å². The molecule has 0 radical (unpaired) electrons. The molecule has 0 saturated heterocycles. The first-order chi connectivity index (χ1) is 9.49. The van der Waals surface area contributed by atoms with Crippen LogP contribution in [0.15, 0.2) is 36.7 Å². The highest BCUT2D eigenvalue weighted by molar-refractivity contribution is 6.04. The standard InChI is InChI=1S/C12H7F2N3O3/c13-8-2-1-7(5-11(8)17(19)20)12(18)16-10-3-4-15-6-9(10)14/h1-6H,(H,15,16,18). The van der Waals surface area contributed by atoms with Crippen molar-refractivity contribution in [2.45, 2.75) is 0 Å². The molecule has 20 heavy (non-hydrogen) atoms. The number of amides is 1. The molecule has 0 aliphatic heterocycles. The first kappa shape index (κ1) is 13.5. The van der Waals surface area contributed by atoms with Crippen LogP contribution in [0.4, 0.5) is 20.2 Å². The number of aromatic nitrogens is 1. The molecule has 0 aliphatic rings. The summed E-state index contributed by atoms with van der Waals surface area (Å²) in [6.45, 7) is 0. The number of carbonyl (C=O) groups is 1. The predicted octanol–water partition coefficient (Wildman–Crippen LogP) is 2.52. The zero-order chi connectivity index (χ0) is 14.7. The Morgan fingerprint density at radius 3 is 2.65 bits per heavy atom. The Labute approximate surface area is 111 Å². The molecule has 0 atom stereocenters. The van der Waals surface area contributed by atoms with Crippen LogP contribution >= 0.6 is 0 Å². The van der Waals surface area contributed by atoms with E-state index in [0.717, 1.165) is 24.4 Å². The lowest BCUT2D eigenvalue weighted by atomic mass is 10.2. The average molecular weight is 279 g/mol. The fourth-order valence-electron chi connectivity index (χ4n) is 1.46. The maximum Gasteiger partial charge on any atom is 0.305 e. The van der Waals surface area contributed by atoms with Crippen LogP contribution in [0.25, 0.3) is 0 Å². The predicted molar refractivity (Wildman–Crippen MR) is 65.2 cm³/mol. The van der Waals surface area contributed by atoms with E-state index in [1.54, 1.807) is 0 Å². The normalized spacial score (nSPS) is 10.1. The van der Waals surface area contributed by atoms with E-state index in [0.29, 0.717) is 0 Å². The summed E-state index contributed by atoms with van der Waals surface area (Å²) in [4.78, 5) is 24.9. The van der Waals surface area contributed by atoms with E-state index in [1.807, 2.05) is 0 Å². The fourth-order valence-corrected chi connectivity index (χ4v) is 1.46. The molecule has 1 N–H and O–H groups in total. The van der Waals surface area contributed by atoms with E-state index in [4.69, 9.17) is 0 Å². The van der Waals surface area contributed by atoms with E-state index in [-0.39, 0.29) is 11.3 Å². The van der Waals surface area contributed by atoms with Gasteiger partial charge in [0.2, 0.25) is 5.82 Å². The molecular formula is C12H7F2N3O3. The van der Waals surface area contributed by atoms with Gasteiger partial charge in [-0.1, -0.05) is 0 Å². The SMILES string of the molecule is O=C(Nc1ccncc1F)c1ccc(F)c([N+](=O)[O-])c1. The second kappa shape index (κ2) is 5.39. The summed E-state index contributed by atoms with van der Waals surface area (Å²) < 4.78 is 26.4. The van der Waals surface area contributed by atoms with Crippen molar-refractivity contribution in [3.8, 4) is 0 Å². The van der Waals surface area contributed by atoms with Crippen LogP contribution in [0.2, 0.25) is 0 Å². The molecule has 1 heterocycles. The van der Waals surface area contributed by atoms with Gasteiger partial charge in [-0.25, -0.2) is 4.39 Å². The van der Waals surface area contributed by atoms with Gasteiger partial charge in [-0.15, -0.1) is 0 Å². The fraction of sp³-hybridized carbons (Fsp3) is 0. The maximum atomic E-state index is 13.3. The number of hydrogen-bond donors (Lipinski definition) is 1. The van der Waals surface area contributed by atoms with Crippen molar-refractivity contribution >= 4 is 17.3 Å². The first-order valence-electron chi connectivity index (χ1n) is 5.34.